The highest BCUT2D eigenvalue weighted by Crippen LogP contribution is 2.29. The second-order valence-electron chi connectivity index (χ2n) is 5.27. The lowest BCUT2D eigenvalue weighted by molar-refractivity contribution is -0.149. The summed E-state index contributed by atoms with van der Waals surface area (Å²) in [4.78, 5) is 24.0. The van der Waals surface area contributed by atoms with Gasteiger partial charge in [-0.3, -0.25) is 9.59 Å². The molecule has 0 aliphatic carbocycles. The van der Waals surface area contributed by atoms with Crippen LogP contribution in [0.2, 0.25) is 0 Å². The molecule has 3 rings (SSSR count). The van der Waals surface area contributed by atoms with E-state index in [1.807, 2.05) is 6.92 Å². The molecule has 1 aromatic heterocycles. The Morgan fingerprint density at radius 2 is 2.25 bits per heavy atom. The number of esters is 1. The maximum absolute atomic E-state index is 12.0. The normalized spacial score (nSPS) is 16.0. The Bertz CT molecular complexity index is 745. The molecule has 0 saturated heterocycles. The number of fused-ring (bicyclic) bond motifs is 1. The van der Waals surface area contributed by atoms with Gasteiger partial charge in [-0.1, -0.05) is 19.1 Å². The Morgan fingerprint density at radius 3 is 3.08 bits per heavy atom. The van der Waals surface area contributed by atoms with E-state index in [-0.39, 0.29) is 18.9 Å². The van der Waals surface area contributed by atoms with Crippen LogP contribution in [-0.4, -0.2) is 38.2 Å². The molecule has 0 unspecified atom stereocenters. The zero-order valence-electron chi connectivity index (χ0n) is 13.1. The van der Waals surface area contributed by atoms with Crippen LogP contribution < -0.4 is 10.1 Å². The first-order chi connectivity index (χ1) is 11.7. The fourth-order valence-electron chi connectivity index (χ4n) is 2.29. The molecule has 1 aromatic carbocycles. The summed E-state index contributed by atoms with van der Waals surface area (Å²) in [5, 5.41) is 13.9. The van der Waals surface area contributed by atoms with Crippen molar-refractivity contribution < 1.29 is 19.1 Å². The lowest BCUT2D eigenvalue weighted by atomic mass is 10.1. The summed E-state index contributed by atoms with van der Waals surface area (Å²) < 4.78 is 12.3. The Labute approximate surface area is 137 Å². The average molecular weight is 331 g/mol. The first-order valence-corrected chi connectivity index (χ1v) is 7.64. The molecule has 0 spiro atoms. The van der Waals surface area contributed by atoms with Crippen LogP contribution in [0.25, 0.3) is 0 Å². The number of hydrogen-bond acceptors (Lipinski definition) is 7. The summed E-state index contributed by atoms with van der Waals surface area (Å²) in [6.45, 7) is 2.59. The number of para-hydroxylation sites is 2. The van der Waals surface area contributed by atoms with E-state index in [1.165, 1.54) is 0 Å². The van der Waals surface area contributed by atoms with Gasteiger partial charge in [-0.2, -0.15) is 0 Å². The predicted molar refractivity (Wildman–Crippen MR) is 82.0 cm³/mol. The molecule has 126 valence electrons. The number of rotatable bonds is 6. The molecule has 1 aliphatic rings. The third kappa shape index (κ3) is 3.50. The van der Waals surface area contributed by atoms with Gasteiger partial charge in [0.15, 0.2) is 18.5 Å². The first kappa shape index (κ1) is 15.9. The Balaban J connectivity index is 1.55. The van der Waals surface area contributed by atoms with Crippen molar-refractivity contribution in [1.29, 1.82) is 0 Å². The Hall–Kier alpha value is -2.97. The Kier molecular flexibility index (Phi) is 4.69. The number of carbonyl (C=O) groups excluding carboxylic acids is 2. The van der Waals surface area contributed by atoms with Crippen molar-refractivity contribution in [2.45, 2.75) is 39.0 Å². The number of hydrogen-bond donors (Lipinski definition) is 1. The summed E-state index contributed by atoms with van der Waals surface area (Å²) in [5.41, 5.74) is 0.589. The molecule has 0 radical (unpaired) electrons. The molecule has 2 heterocycles. The monoisotopic (exact) mass is 331 g/mol. The van der Waals surface area contributed by atoms with Gasteiger partial charge in [-0.15, -0.1) is 5.10 Å². The molecule has 0 saturated carbocycles. The number of nitrogens with one attached hydrogen (secondary N) is 1. The van der Waals surface area contributed by atoms with E-state index >= 15 is 0 Å². The third-order valence-corrected chi connectivity index (χ3v) is 3.46. The van der Waals surface area contributed by atoms with E-state index in [9.17, 15) is 9.59 Å². The van der Waals surface area contributed by atoms with Gasteiger partial charge in [-0.05, 0) is 29.0 Å². The van der Waals surface area contributed by atoms with E-state index in [1.54, 1.807) is 28.9 Å². The zero-order valence-corrected chi connectivity index (χ0v) is 13.1. The van der Waals surface area contributed by atoms with Gasteiger partial charge in [0.05, 0.1) is 12.1 Å². The van der Waals surface area contributed by atoms with Gasteiger partial charge in [0, 0.05) is 6.54 Å². The summed E-state index contributed by atoms with van der Waals surface area (Å²) in [5.74, 6) is 0.0633. The summed E-state index contributed by atoms with van der Waals surface area (Å²) in [6.07, 6.45) is -0.240. The van der Waals surface area contributed by atoms with E-state index in [4.69, 9.17) is 9.47 Å². The lowest BCUT2D eigenvalue weighted by Gasteiger charge is -2.25. The fourth-order valence-corrected chi connectivity index (χ4v) is 2.29. The summed E-state index contributed by atoms with van der Waals surface area (Å²) in [6, 6.07) is 7.04. The van der Waals surface area contributed by atoms with Gasteiger partial charge < -0.3 is 14.8 Å². The van der Waals surface area contributed by atoms with Crippen molar-refractivity contribution in [2.24, 2.45) is 0 Å². The second-order valence-corrected chi connectivity index (χ2v) is 5.27. The minimum atomic E-state index is -0.918. The highest BCUT2D eigenvalue weighted by molar-refractivity contribution is 5.99. The van der Waals surface area contributed by atoms with Crippen molar-refractivity contribution in [2.75, 3.05) is 5.32 Å². The smallest absolute Gasteiger partial charge is 0.310 e. The van der Waals surface area contributed by atoms with Gasteiger partial charge in [-0.25, -0.2) is 4.68 Å². The van der Waals surface area contributed by atoms with Crippen molar-refractivity contribution >= 4 is 17.6 Å². The van der Waals surface area contributed by atoms with Crippen molar-refractivity contribution in [3.63, 3.8) is 0 Å². The number of aromatic nitrogens is 4. The molecule has 1 N–H and O–H groups in total. The summed E-state index contributed by atoms with van der Waals surface area (Å²) >= 11 is 0. The zero-order chi connectivity index (χ0) is 16.9. The van der Waals surface area contributed by atoms with Gasteiger partial charge in [0.2, 0.25) is 0 Å². The van der Waals surface area contributed by atoms with E-state index in [0.29, 0.717) is 23.8 Å². The minimum absolute atomic E-state index is 0.0449. The van der Waals surface area contributed by atoms with Crippen LogP contribution >= 0.6 is 0 Å². The van der Waals surface area contributed by atoms with Gasteiger partial charge in [0.25, 0.3) is 5.91 Å². The maximum atomic E-state index is 12.0. The second kappa shape index (κ2) is 7.07. The molecule has 9 heteroatoms. The molecule has 0 fully saturated rings. The first-order valence-electron chi connectivity index (χ1n) is 7.64. The van der Waals surface area contributed by atoms with Crippen LogP contribution in [0.15, 0.2) is 24.3 Å². The standard InChI is InChI=1S/C15H17N5O4/c1-2-7-20-13(17-18-19-20)9-23-14(21)8-12-15(22)16-10-5-3-4-6-11(10)24-12/h3-6,12H,2,7-9H2,1H3,(H,16,22)/t12-/m0/s1. The Morgan fingerprint density at radius 1 is 1.42 bits per heavy atom. The molecule has 2 aromatic rings. The van der Waals surface area contributed by atoms with E-state index in [2.05, 4.69) is 20.8 Å². The molecular formula is C15H17N5O4. The van der Waals surface area contributed by atoms with Crippen LogP contribution in [0.1, 0.15) is 25.6 Å². The van der Waals surface area contributed by atoms with Gasteiger partial charge >= 0.3 is 5.97 Å². The molecule has 1 aliphatic heterocycles. The number of tetrazole rings is 1. The van der Waals surface area contributed by atoms with Crippen molar-refractivity contribution in [3.8, 4) is 5.75 Å². The van der Waals surface area contributed by atoms with Crippen molar-refractivity contribution in [1.82, 2.24) is 20.2 Å². The molecular weight excluding hydrogens is 314 g/mol. The molecule has 24 heavy (non-hydrogen) atoms. The molecule has 0 bridgehead atoms. The highest BCUT2D eigenvalue weighted by atomic mass is 16.5. The largest absolute Gasteiger partial charge is 0.478 e. The SMILES string of the molecule is CCCn1nnnc1COC(=O)C[C@@H]1Oc2ccccc2NC1=O. The third-order valence-electron chi connectivity index (χ3n) is 3.46. The number of ether oxygens (including phenoxy) is 2. The van der Waals surface area contributed by atoms with Crippen LogP contribution in [-0.2, 0) is 27.5 Å². The predicted octanol–water partition coefficient (Wildman–Crippen LogP) is 0.916. The maximum Gasteiger partial charge on any atom is 0.310 e. The lowest BCUT2D eigenvalue weighted by Crippen LogP contribution is -2.38. The van der Waals surface area contributed by atoms with E-state index < -0.39 is 12.1 Å². The number of aryl methyl sites for hydroxylation is 1. The van der Waals surface area contributed by atoms with Crippen molar-refractivity contribution in [3.05, 3.63) is 30.1 Å². The molecule has 1 atom stereocenters. The molecule has 1 amide bonds. The topological polar surface area (TPSA) is 108 Å². The van der Waals surface area contributed by atoms with Crippen LogP contribution in [0.3, 0.4) is 0 Å². The minimum Gasteiger partial charge on any atom is -0.478 e. The number of anilines is 1. The van der Waals surface area contributed by atoms with Gasteiger partial charge in [0.1, 0.15) is 5.75 Å². The quantitative estimate of drug-likeness (QED) is 0.784. The van der Waals surface area contributed by atoms with Crippen LogP contribution in [0.5, 0.6) is 5.75 Å². The number of benzene rings is 1. The molecule has 9 nitrogen and oxygen atoms in total. The summed E-state index contributed by atoms with van der Waals surface area (Å²) in [7, 11) is 0. The highest BCUT2D eigenvalue weighted by Gasteiger charge is 2.30. The number of nitrogens with zero attached hydrogens (tertiary/aromatic N) is 4. The van der Waals surface area contributed by atoms with E-state index in [0.717, 1.165) is 6.42 Å². The van der Waals surface area contributed by atoms with Crippen LogP contribution in [0, 0.1) is 0 Å². The number of amides is 1. The average Bonchev–Trinajstić information content (AvgIpc) is 3.01. The fraction of sp³-hybridized carbons (Fsp3) is 0.400. The number of carbonyl (C=O) groups is 2. The van der Waals surface area contributed by atoms with Crippen LogP contribution in [0.4, 0.5) is 5.69 Å².